The molecule has 2 aliphatic rings. The van der Waals surface area contributed by atoms with E-state index in [1.165, 1.54) is 37.1 Å². The first-order valence-corrected chi connectivity index (χ1v) is 6.22. The van der Waals surface area contributed by atoms with Gasteiger partial charge in [-0.2, -0.15) is 0 Å². The summed E-state index contributed by atoms with van der Waals surface area (Å²) in [6.07, 6.45) is 6.65. The lowest BCUT2D eigenvalue weighted by Crippen LogP contribution is -2.16. The largest absolute Gasteiger partial charge is 0.316 e. The molecule has 3 rings (SSSR count). The van der Waals surface area contributed by atoms with Crippen molar-refractivity contribution >= 4 is 17.2 Å². The molecule has 1 aliphatic carbocycles. The average Bonchev–Trinajstić information content (AvgIpc) is 2.77. The Morgan fingerprint density at radius 3 is 2.94 bits per heavy atom. The first kappa shape index (κ1) is 10.3. The molecule has 1 N–H and O–H groups in total. The second kappa shape index (κ2) is 4.19. The standard InChI is InChI=1S/C13H15ClN2/c14-13-4-3-11(8-16-13)9-1-2-10-6-15-7-12(10)5-9/h1,3-4,8,10,12,15H,2,5-7H2/t10-,12+/m0/s1. The van der Waals surface area contributed by atoms with E-state index in [2.05, 4.69) is 22.4 Å². The second-order valence-electron chi connectivity index (χ2n) is 4.72. The first-order valence-electron chi connectivity index (χ1n) is 5.84. The highest BCUT2D eigenvalue weighted by Gasteiger charge is 2.30. The number of halogens is 1. The molecule has 0 unspecified atom stereocenters. The Kier molecular flexibility index (Phi) is 2.70. The molecule has 1 saturated heterocycles. The van der Waals surface area contributed by atoms with Gasteiger partial charge in [-0.1, -0.05) is 23.7 Å². The number of allylic oxidation sites excluding steroid dienone is 2. The van der Waals surface area contributed by atoms with E-state index >= 15 is 0 Å². The fourth-order valence-corrected chi connectivity index (χ4v) is 2.87. The zero-order chi connectivity index (χ0) is 11.0. The molecule has 84 valence electrons. The first-order chi connectivity index (χ1) is 7.83. The zero-order valence-electron chi connectivity index (χ0n) is 9.12. The highest BCUT2D eigenvalue weighted by Crippen LogP contribution is 2.36. The molecule has 2 heterocycles. The average molecular weight is 235 g/mol. The van der Waals surface area contributed by atoms with Gasteiger partial charge >= 0.3 is 0 Å². The van der Waals surface area contributed by atoms with Crippen molar-refractivity contribution in [2.24, 2.45) is 11.8 Å². The molecule has 16 heavy (non-hydrogen) atoms. The van der Waals surface area contributed by atoms with E-state index in [-0.39, 0.29) is 0 Å². The van der Waals surface area contributed by atoms with Crippen LogP contribution >= 0.6 is 11.6 Å². The Labute approximate surface area is 101 Å². The third-order valence-corrected chi connectivity index (χ3v) is 3.95. The molecule has 0 amide bonds. The Morgan fingerprint density at radius 2 is 2.12 bits per heavy atom. The van der Waals surface area contributed by atoms with Gasteiger partial charge in [0.2, 0.25) is 0 Å². The molecule has 2 nitrogen and oxygen atoms in total. The monoisotopic (exact) mass is 234 g/mol. The van der Waals surface area contributed by atoms with Crippen molar-refractivity contribution < 1.29 is 0 Å². The van der Waals surface area contributed by atoms with Gasteiger partial charge < -0.3 is 5.32 Å². The molecular weight excluding hydrogens is 220 g/mol. The number of fused-ring (bicyclic) bond motifs is 1. The summed E-state index contributed by atoms with van der Waals surface area (Å²) in [5.41, 5.74) is 2.67. The molecule has 1 aliphatic heterocycles. The topological polar surface area (TPSA) is 24.9 Å². The van der Waals surface area contributed by atoms with E-state index in [1.54, 1.807) is 0 Å². The minimum atomic E-state index is 0.570. The van der Waals surface area contributed by atoms with Crippen LogP contribution in [0.4, 0.5) is 0 Å². The smallest absolute Gasteiger partial charge is 0.129 e. The number of aromatic nitrogens is 1. The highest BCUT2D eigenvalue weighted by atomic mass is 35.5. The Bertz CT molecular complexity index is 410. The van der Waals surface area contributed by atoms with Crippen LogP contribution < -0.4 is 5.32 Å². The lowest BCUT2D eigenvalue weighted by molar-refractivity contribution is 0.418. The molecule has 1 aromatic heterocycles. The normalized spacial score (nSPS) is 28.7. The SMILES string of the molecule is Clc1ccc(C2=CC[C@H]3CNC[C@H]3C2)cn1. The fourth-order valence-electron chi connectivity index (χ4n) is 2.76. The lowest BCUT2D eigenvalue weighted by atomic mass is 9.80. The van der Waals surface area contributed by atoms with Crippen LogP contribution in [0.3, 0.4) is 0 Å². The van der Waals surface area contributed by atoms with Gasteiger partial charge in [-0.3, -0.25) is 0 Å². The van der Waals surface area contributed by atoms with Gasteiger partial charge in [0.25, 0.3) is 0 Å². The number of pyridine rings is 1. The predicted octanol–water partition coefficient (Wildman–Crippen LogP) is 2.75. The van der Waals surface area contributed by atoms with Crippen LogP contribution in [-0.2, 0) is 0 Å². The zero-order valence-corrected chi connectivity index (χ0v) is 9.87. The number of hydrogen-bond acceptors (Lipinski definition) is 2. The number of hydrogen-bond donors (Lipinski definition) is 1. The predicted molar refractivity (Wildman–Crippen MR) is 66.3 cm³/mol. The van der Waals surface area contributed by atoms with E-state index in [0.29, 0.717) is 5.15 Å². The molecular formula is C13H15ClN2. The van der Waals surface area contributed by atoms with E-state index in [0.717, 1.165) is 11.8 Å². The van der Waals surface area contributed by atoms with E-state index in [9.17, 15) is 0 Å². The van der Waals surface area contributed by atoms with Gasteiger partial charge in [-0.25, -0.2) is 4.98 Å². The summed E-state index contributed by atoms with van der Waals surface area (Å²) in [4.78, 5) is 4.15. The minimum absolute atomic E-state index is 0.570. The summed E-state index contributed by atoms with van der Waals surface area (Å²) in [6, 6.07) is 3.95. The maximum absolute atomic E-state index is 5.80. The molecule has 1 fully saturated rings. The number of rotatable bonds is 1. The van der Waals surface area contributed by atoms with Crippen LogP contribution in [0.25, 0.3) is 5.57 Å². The van der Waals surface area contributed by atoms with E-state index < -0.39 is 0 Å². The third kappa shape index (κ3) is 1.87. The molecule has 0 radical (unpaired) electrons. The van der Waals surface area contributed by atoms with Crippen molar-refractivity contribution in [3.8, 4) is 0 Å². The summed E-state index contributed by atoms with van der Waals surface area (Å²) < 4.78 is 0. The summed E-state index contributed by atoms with van der Waals surface area (Å²) in [5.74, 6) is 1.67. The van der Waals surface area contributed by atoms with Gasteiger partial charge in [-0.15, -0.1) is 0 Å². The minimum Gasteiger partial charge on any atom is -0.316 e. The quantitative estimate of drug-likeness (QED) is 0.756. The van der Waals surface area contributed by atoms with Crippen molar-refractivity contribution in [2.45, 2.75) is 12.8 Å². The van der Waals surface area contributed by atoms with Crippen molar-refractivity contribution in [2.75, 3.05) is 13.1 Å². The number of nitrogens with zero attached hydrogens (tertiary/aromatic N) is 1. The molecule has 0 spiro atoms. The maximum Gasteiger partial charge on any atom is 0.129 e. The third-order valence-electron chi connectivity index (χ3n) is 3.73. The van der Waals surface area contributed by atoms with Crippen LogP contribution in [0.1, 0.15) is 18.4 Å². The molecule has 1 aromatic rings. The van der Waals surface area contributed by atoms with Crippen LogP contribution in [0.5, 0.6) is 0 Å². The fraction of sp³-hybridized carbons (Fsp3) is 0.462. The second-order valence-corrected chi connectivity index (χ2v) is 5.10. The van der Waals surface area contributed by atoms with Gasteiger partial charge in [0.15, 0.2) is 0 Å². The van der Waals surface area contributed by atoms with Crippen LogP contribution in [0.15, 0.2) is 24.4 Å². The van der Waals surface area contributed by atoms with Crippen LogP contribution in [0, 0.1) is 11.8 Å². The van der Waals surface area contributed by atoms with Crippen LogP contribution in [-0.4, -0.2) is 18.1 Å². The van der Waals surface area contributed by atoms with Crippen LogP contribution in [0.2, 0.25) is 5.15 Å². The van der Waals surface area contributed by atoms with E-state index in [1.807, 2.05) is 12.3 Å². The summed E-state index contributed by atoms with van der Waals surface area (Å²) in [6.45, 7) is 2.36. The molecule has 2 atom stereocenters. The van der Waals surface area contributed by atoms with Crippen molar-refractivity contribution in [3.05, 3.63) is 35.1 Å². The summed E-state index contributed by atoms with van der Waals surface area (Å²) in [7, 11) is 0. The number of nitrogens with one attached hydrogen (secondary N) is 1. The van der Waals surface area contributed by atoms with Gasteiger partial charge in [0.05, 0.1) is 0 Å². The Hall–Kier alpha value is -0.860. The van der Waals surface area contributed by atoms with Gasteiger partial charge in [-0.05, 0) is 55.0 Å². The summed E-state index contributed by atoms with van der Waals surface area (Å²) in [5, 5.41) is 4.05. The van der Waals surface area contributed by atoms with E-state index in [4.69, 9.17) is 11.6 Å². The maximum atomic E-state index is 5.80. The van der Waals surface area contributed by atoms with Crippen molar-refractivity contribution in [3.63, 3.8) is 0 Å². The lowest BCUT2D eigenvalue weighted by Gasteiger charge is -2.24. The van der Waals surface area contributed by atoms with Crippen molar-refractivity contribution in [1.82, 2.24) is 10.3 Å². The molecule has 0 aromatic carbocycles. The Morgan fingerprint density at radius 1 is 1.25 bits per heavy atom. The molecule has 0 bridgehead atoms. The Balaban J connectivity index is 1.83. The highest BCUT2D eigenvalue weighted by molar-refractivity contribution is 6.29. The van der Waals surface area contributed by atoms with Gasteiger partial charge in [0.1, 0.15) is 5.15 Å². The summed E-state index contributed by atoms with van der Waals surface area (Å²) >= 11 is 5.80. The van der Waals surface area contributed by atoms with Crippen molar-refractivity contribution in [1.29, 1.82) is 0 Å². The van der Waals surface area contributed by atoms with Gasteiger partial charge in [0, 0.05) is 6.20 Å². The molecule has 3 heteroatoms. The molecule has 0 saturated carbocycles.